The summed E-state index contributed by atoms with van der Waals surface area (Å²) in [5, 5.41) is 7.78. The molecule has 0 atom stereocenters. The molecule has 3 heteroatoms. The van der Waals surface area contributed by atoms with Gasteiger partial charge in [0.25, 0.3) is 0 Å². The first-order valence-corrected chi connectivity index (χ1v) is 16.1. The normalized spacial score (nSPS) is 11.7. The monoisotopic (exact) mass is 583 g/mol. The number of anilines is 3. The number of rotatable bonds is 4. The Hall–Kier alpha value is -4.96. The minimum absolute atomic E-state index is 1.14. The van der Waals surface area contributed by atoms with Gasteiger partial charge in [-0.15, -0.1) is 22.7 Å². The van der Waals surface area contributed by atoms with Crippen LogP contribution < -0.4 is 4.90 Å². The molecular formula is C40H25NS2. The fourth-order valence-electron chi connectivity index (χ4n) is 6.39. The minimum atomic E-state index is 1.14. The maximum Gasteiger partial charge on any atom is 0.0540 e. The second-order valence-electron chi connectivity index (χ2n) is 11.0. The largest absolute Gasteiger partial charge is 0.310 e. The summed E-state index contributed by atoms with van der Waals surface area (Å²) in [5.41, 5.74) is 5.93. The van der Waals surface area contributed by atoms with Gasteiger partial charge in [-0.05, 0) is 77.2 Å². The first kappa shape index (κ1) is 24.6. The molecule has 0 fully saturated rings. The van der Waals surface area contributed by atoms with Crippen LogP contribution in [0.5, 0.6) is 0 Å². The van der Waals surface area contributed by atoms with Crippen LogP contribution in [0.15, 0.2) is 152 Å². The van der Waals surface area contributed by atoms with Gasteiger partial charge < -0.3 is 4.90 Å². The summed E-state index contributed by atoms with van der Waals surface area (Å²) in [4.78, 5) is 2.43. The Kier molecular flexibility index (Phi) is 5.62. The van der Waals surface area contributed by atoms with Crippen LogP contribution >= 0.6 is 22.7 Å². The van der Waals surface area contributed by atoms with Crippen LogP contribution in [0.25, 0.3) is 62.2 Å². The standard InChI is InChI=1S/C40H25NS2/c1-2-9-26(10-3-1)27-17-19-29(20-18-27)41(30-21-22-39-35(24-30)32-13-5-6-15-37(32)42-39)36-14-8-11-28-23-34-31-12-4-7-16-38(31)43-40(34)25-33(28)36/h1-25H. The molecule has 0 radical (unpaired) electrons. The van der Waals surface area contributed by atoms with Gasteiger partial charge >= 0.3 is 0 Å². The third-order valence-electron chi connectivity index (χ3n) is 8.45. The lowest BCUT2D eigenvalue weighted by Crippen LogP contribution is -2.10. The first-order valence-electron chi connectivity index (χ1n) is 14.5. The number of thiophene rings is 2. The molecule has 202 valence electrons. The zero-order valence-electron chi connectivity index (χ0n) is 23.2. The van der Waals surface area contributed by atoms with Crippen molar-refractivity contribution in [2.45, 2.75) is 0 Å². The van der Waals surface area contributed by atoms with E-state index in [-0.39, 0.29) is 0 Å². The zero-order valence-corrected chi connectivity index (χ0v) is 24.8. The van der Waals surface area contributed by atoms with E-state index in [9.17, 15) is 0 Å². The molecule has 0 bridgehead atoms. The van der Waals surface area contributed by atoms with E-state index < -0.39 is 0 Å². The predicted octanol–water partition coefficient (Wildman–Crippen LogP) is 12.7. The van der Waals surface area contributed by atoms with Crippen molar-refractivity contribution < 1.29 is 0 Å². The summed E-state index contributed by atoms with van der Waals surface area (Å²) in [7, 11) is 0. The zero-order chi connectivity index (χ0) is 28.3. The lowest BCUT2D eigenvalue weighted by molar-refractivity contribution is 1.31. The molecule has 9 aromatic rings. The number of hydrogen-bond acceptors (Lipinski definition) is 3. The Balaban J connectivity index is 1.29. The van der Waals surface area contributed by atoms with Crippen LogP contribution in [0.3, 0.4) is 0 Å². The molecule has 0 amide bonds. The van der Waals surface area contributed by atoms with Gasteiger partial charge in [-0.25, -0.2) is 0 Å². The van der Waals surface area contributed by atoms with Gasteiger partial charge in [0.05, 0.1) is 5.69 Å². The third-order valence-corrected chi connectivity index (χ3v) is 10.7. The maximum atomic E-state index is 2.43. The van der Waals surface area contributed by atoms with Crippen LogP contribution in [0.1, 0.15) is 0 Å². The molecular weight excluding hydrogens is 559 g/mol. The summed E-state index contributed by atoms with van der Waals surface area (Å²) in [6, 6.07) is 55.5. The fraction of sp³-hybridized carbons (Fsp3) is 0. The van der Waals surface area contributed by atoms with Crippen molar-refractivity contribution in [1.29, 1.82) is 0 Å². The number of hydrogen-bond donors (Lipinski definition) is 0. The molecule has 9 rings (SSSR count). The van der Waals surface area contributed by atoms with E-state index in [2.05, 4.69) is 157 Å². The molecule has 1 nitrogen and oxygen atoms in total. The molecule has 0 aliphatic carbocycles. The van der Waals surface area contributed by atoms with Crippen molar-refractivity contribution >= 4 is 90.9 Å². The van der Waals surface area contributed by atoms with E-state index >= 15 is 0 Å². The van der Waals surface area contributed by atoms with Crippen LogP contribution in [0.2, 0.25) is 0 Å². The topological polar surface area (TPSA) is 3.24 Å². The molecule has 0 spiro atoms. The van der Waals surface area contributed by atoms with Crippen molar-refractivity contribution in [2.24, 2.45) is 0 Å². The van der Waals surface area contributed by atoms with Gasteiger partial charge in [-0.3, -0.25) is 0 Å². The van der Waals surface area contributed by atoms with E-state index in [1.54, 1.807) is 0 Å². The van der Waals surface area contributed by atoms with E-state index in [0.717, 1.165) is 11.4 Å². The summed E-state index contributed by atoms with van der Waals surface area (Å²) < 4.78 is 5.29. The third kappa shape index (κ3) is 4.04. The highest BCUT2D eigenvalue weighted by molar-refractivity contribution is 7.26. The highest BCUT2D eigenvalue weighted by atomic mass is 32.1. The molecule has 43 heavy (non-hydrogen) atoms. The van der Waals surface area contributed by atoms with E-state index in [4.69, 9.17) is 0 Å². The molecule has 2 aromatic heterocycles. The summed E-state index contributed by atoms with van der Waals surface area (Å²) in [5.74, 6) is 0. The SMILES string of the molecule is c1ccc(-c2ccc(N(c3ccc4sc5ccccc5c4c3)c3cccc4cc5c(cc34)sc3ccccc35)cc2)cc1. The quantitative estimate of drug-likeness (QED) is 0.199. The second kappa shape index (κ2) is 9.81. The molecule has 0 saturated heterocycles. The van der Waals surface area contributed by atoms with Crippen molar-refractivity contribution in [3.8, 4) is 11.1 Å². The van der Waals surface area contributed by atoms with Crippen molar-refractivity contribution in [1.82, 2.24) is 0 Å². The number of nitrogens with zero attached hydrogens (tertiary/aromatic N) is 1. The highest BCUT2D eigenvalue weighted by Crippen LogP contribution is 2.45. The molecule has 0 saturated carbocycles. The lowest BCUT2D eigenvalue weighted by Gasteiger charge is -2.27. The maximum absolute atomic E-state index is 2.43. The number of benzene rings is 7. The molecule has 0 aliphatic rings. The molecule has 2 heterocycles. The lowest BCUT2D eigenvalue weighted by atomic mass is 10.0. The molecule has 7 aromatic carbocycles. The van der Waals surface area contributed by atoms with Crippen molar-refractivity contribution in [3.63, 3.8) is 0 Å². The van der Waals surface area contributed by atoms with E-state index in [0.29, 0.717) is 0 Å². The van der Waals surface area contributed by atoms with E-state index in [1.165, 1.54) is 67.9 Å². The molecule has 0 aliphatic heterocycles. The van der Waals surface area contributed by atoms with Gasteiger partial charge in [0.15, 0.2) is 0 Å². The Morgan fingerprint density at radius 3 is 1.72 bits per heavy atom. The molecule has 0 unspecified atom stereocenters. The predicted molar refractivity (Wildman–Crippen MR) is 190 cm³/mol. The van der Waals surface area contributed by atoms with Crippen LogP contribution in [-0.4, -0.2) is 0 Å². The Morgan fingerprint density at radius 1 is 0.349 bits per heavy atom. The average molecular weight is 584 g/mol. The van der Waals surface area contributed by atoms with Gasteiger partial charge in [0.1, 0.15) is 0 Å². The first-order chi connectivity index (χ1) is 21.3. The summed E-state index contributed by atoms with van der Waals surface area (Å²) in [6.45, 7) is 0. The summed E-state index contributed by atoms with van der Waals surface area (Å²) >= 11 is 3.74. The van der Waals surface area contributed by atoms with Gasteiger partial charge in [0, 0.05) is 57.1 Å². The Labute approximate surface area is 257 Å². The Bertz CT molecular complexity index is 2450. The van der Waals surface area contributed by atoms with Crippen LogP contribution in [0, 0.1) is 0 Å². The second-order valence-corrected chi connectivity index (χ2v) is 13.1. The van der Waals surface area contributed by atoms with Gasteiger partial charge in [-0.2, -0.15) is 0 Å². The average Bonchev–Trinajstić information content (AvgIpc) is 3.62. The van der Waals surface area contributed by atoms with Gasteiger partial charge in [-0.1, -0.05) is 91.0 Å². The highest BCUT2D eigenvalue weighted by Gasteiger charge is 2.18. The summed E-state index contributed by atoms with van der Waals surface area (Å²) in [6.07, 6.45) is 0. The fourth-order valence-corrected chi connectivity index (χ4v) is 8.60. The minimum Gasteiger partial charge on any atom is -0.310 e. The van der Waals surface area contributed by atoms with Gasteiger partial charge in [0.2, 0.25) is 0 Å². The smallest absolute Gasteiger partial charge is 0.0540 e. The van der Waals surface area contributed by atoms with Crippen molar-refractivity contribution in [2.75, 3.05) is 4.90 Å². The molecule has 0 N–H and O–H groups in total. The number of fused-ring (bicyclic) bond motifs is 7. The van der Waals surface area contributed by atoms with Crippen LogP contribution in [-0.2, 0) is 0 Å². The Morgan fingerprint density at radius 2 is 0.953 bits per heavy atom. The van der Waals surface area contributed by atoms with Crippen molar-refractivity contribution in [3.05, 3.63) is 152 Å². The van der Waals surface area contributed by atoms with Crippen LogP contribution in [0.4, 0.5) is 17.1 Å². The van der Waals surface area contributed by atoms with E-state index in [1.807, 2.05) is 22.7 Å².